The predicted molar refractivity (Wildman–Crippen MR) is 131 cm³/mol. The number of hydrogen-bond donors (Lipinski definition) is 2. The number of benzene rings is 1. The molecule has 2 fully saturated rings. The maximum atomic E-state index is 12.3. The normalized spacial score (nSPS) is 18.9. The molecule has 0 radical (unpaired) electrons. The zero-order valence-electron chi connectivity index (χ0n) is 19.6. The molecule has 0 spiro atoms. The van der Waals surface area contributed by atoms with Crippen molar-refractivity contribution in [2.24, 2.45) is 0 Å². The summed E-state index contributed by atoms with van der Waals surface area (Å²) in [4.78, 5) is 24.8. The molecule has 7 heteroatoms. The van der Waals surface area contributed by atoms with Gasteiger partial charge < -0.3 is 19.9 Å². The number of H-pyrrole nitrogens is 1. The highest BCUT2D eigenvalue weighted by molar-refractivity contribution is 5.90. The Labute approximate surface area is 191 Å². The molecular formula is C25H39N5O2. The van der Waals surface area contributed by atoms with E-state index in [2.05, 4.69) is 25.1 Å². The zero-order valence-corrected chi connectivity index (χ0v) is 19.6. The van der Waals surface area contributed by atoms with Gasteiger partial charge in [0.1, 0.15) is 5.82 Å². The molecule has 2 saturated heterocycles. The summed E-state index contributed by atoms with van der Waals surface area (Å²) in [5.74, 6) is 0.654. The van der Waals surface area contributed by atoms with E-state index in [1.54, 1.807) is 0 Å². The van der Waals surface area contributed by atoms with E-state index in [1.807, 2.05) is 25.1 Å². The van der Waals surface area contributed by atoms with Crippen LogP contribution in [0, 0.1) is 6.92 Å². The number of likely N-dealkylation sites (tertiary alicyclic amines) is 1. The summed E-state index contributed by atoms with van der Waals surface area (Å²) in [6, 6.07) is 6.60. The first-order valence-corrected chi connectivity index (χ1v) is 12.5. The Morgan fingerprint density at radius 3 is 2.62 bits per heavy atom. The number of unbranched alkanes of at least 4 members (excludes halogenated alkanes) is 4. The lowest BCUT2D eigenvalue weighted by molar-refractivity contribution is 0.000804. The van der Waals surface area contributed by atoms with Gasteiger partial charge in [0, 0.05) is 31.4 Å². The summed E-state index contributed by atoms with van der Waals surface area (Å²) in [5.41, 5.74) is 1.58. The number of aromatic nitrogens is 2. The van der Waals surface area contributed by atoms with Crippen molar-refractivity contribution < 1.29 is 4.74 Å². The van der Waals surface area contributed by atoms with E-state index in [0.717, 1.165) is 56.5 Å². The molecule has 0 atom stereocenters. The van der Waals surface area contributed by atoms with E-state index in [-0.39, 0.29) is 5.56 Å². The topological polar surface area (TPSA) is 73.5 Å². The summed E-state index contributed by atoms with van der Waals surface area (Å²) < 4.78 is 5.49. The molecule has 0 unspecified atom stereocenters. The Kier molecular flexibility index (Phi) is 8.54. The molecule has 0 amide bonds. The number of anilines is 1. The fraction of sp³-hybridized carbons (Fsp3) is 0.680. The van der Waals surface area contributed by atoms with Gasteiger partial charge in [-0.1, -0.05) is 25.3 Å². The molecule has 2 aromatic rings. The number of nitrogens with zero attached hydrogens (tertiary/aromatic N) is 3. The smallest absolute Gasteiger partial charge is 0.260 e. The first-order valence-electron chi connectivity index (χ1n) is 12.5. The minimum Gasteiger partial charge on any atom is -0.384 e. The van der Waals surface area contributed by atoms with Crippen molar-refractivity contribution in [3.05, 3.63) is 34.4 Å². The number of aromatic amines is 1. The highest BCUT2D eigenvalue weighted by Crippen LogP contribution is 2.20. The summed E-state index contributed by atoms with van der Waals surface area (Å²) in [5, 5.41) is 4.10. The average molecular weight is 442 g/mol. The molecule has 2 N–H and O–H groups in total. The Bertz CT molecular complexity index is 901. The number of morpholine rings is 1. The predicted octanol–water partition coefficient (Wildman–Crippen LogP) is 3.39. The molecule has 32 heavy (non-hydrogen) atoms. The van der Waals surface area contributed by atoms with Gasteiger partial charge in [0.2, 0.25) is 0 Å². The largest absolute Gasteiger partial charge is 0.384 e. The van der Waals surface area contributed by atoms with Crippen molar-refractivity contribution in [3.63, 3.8) is 0 Å². The van der Waals surface area contributed by atoms with Gasteiger partial charge in [-0.3, -0.25) is 9.69 Å². The molecule has 0 saturated carbocycles. The molecule has 2 aliphatic heterocycles. The number of hydrogen-bond acceptors (Lipinski definition) is 6. The molecule has 1 aromatic heterocycles. The van der Waals surface area contributed by atoms with Crippen LogP contribution in [0.5, 0.6) is 0 Å². The van der Waals surface area contributed by atoms with Gasteiger partial charge in [-0.25, -0.2) is 4.98 Å². The number of ether oxygens (including phenoxy) is 1. The van der Waals surface area contributed by atoms with Crippen LogP contribution in [0.25, 0.3) is 10.9 Å². The minimum atomic E-state index is -0.0652. The molecule has 176 valence electrons. The van der Waals surface area contributed by atoms with Crippen molar-refractivity contribution in [1.82, 2.24) is 19.8 Å². The first-order chi connectivity index (χ1) is 15.7. The lowest BCUT2D eigenvalue weighted by Crippen LogP contribution is -2.49. The number of aryl methyl sites for hydroxylation is 1. The van der Waals surface area contributed by atoms with Crippen LogP contribution in [-0.4, -0.2) is 78.3 Å². The third kappa shape index (κ3) is 6.30. The van der Waals surface area contributed by atoms with Crippen LogP contribution in [-0.2, 0) is 4.74 Å². The van der Waals surface area contributed by atoms with Crippen LogP contribution in [0.1, 0.15) is 50.8 Å². The Hall–Kier alpha value is -1.96. The minimum absolute atomic E-state index is 0.0652. The summed E-state index contributed by atoms with van der Waals surface area (Å²) in [7, 11) is 0. The van der Waals surface area contributed by atoms with E-state index < -0.39 is 0 Å². The highest BCUT2D eigenvalue weighted by Gasteiger charge is 2.25. The lowest BCUT2D eigenvalue weighted by atomic mass is 10.0. The maximum Gasteiger partial charge on any atom is 0.260 e. The fourth-order valence-corrected chi connectivity index (χ4v) is 5.12. The molecular weight excluding hydrogens is 402 g/mol. The van der Waals surface area contributed by atoms with Crippen molar-refractivity contribution in [2.45, 2.75) is 57.9 Å². The van der Waals surface area contributed by atoms with Gasteiger partial charge in [-0.15, -0.1) is 0 Å². The quantitative estimate of drug-likeness (QED) is 0.551. The lowest BCUT2D eigenvalue weighted by Gasteiger charge is -2.40. The van der Waals surface area contributed by atoms with Gasteiger partial charge in [0.15, 0.2) is 0 Å². The van der Waals surface area contributed by atoms with Gasteiger partial charge >= 0.3 is 0 Å². The molecule has 4 rings (SSSR count). The van der Waals surface area contributed by atoms with Crippen molar-refractivity contribution in [2.75, 3.05) is 57.8 Å². The highest BCUT2D eigenvalue weighted by atomic mass is 16.5. The molecule has 0 aliphatic carbocycles. The van der Waals surface area contributed by atoms with Gasteiger partial charge in [-0.05, 0) is 64.4 Å². The SMILES string of the molecule is Cc1nc2cccc(NCCCCCCCN3CCC(N4CCOCC4)CC3)c2c(=O)[nH]1. The summed E-state index contributed by atoms with van der Waals surface area (Å²) >= 11 is 0. The summed E-state index contributed by atoms with van der Waals surface area (Å²) in [6.45, 7) is 10.5. The van der Waals surface area contributed by atoms with Crippen LogP contribution < -0.4 is 10.9 Å². The van der Waals surface area contributed by atoms with Gasteiger partial charge in [-0.2, -0.15) is 0 Å². The number of piperidine rings is 1. The Morgan fingerprint density at radius 2 is 1.81 bits per heavy atom. The number of rotatable bonds is 10. The van der Waals surface area contributed by atoms with Crippen LogP contribution in [0.15, 0.2) is 23.0 Å². The van der Waals surface area contributed by atoms with E-state index in [4.69, 9.17) is 4.74 Å². The monoisotopic (exact) mass is 441 g/mol. The van der Waals surface area contributed by atoms with E-state index in [0.29, 0.717) is 11.2 Å². The number of nitrogens with one attached hydrogen (secondary N) is 2. The van der Waals surface area contributed by atoms with Crippen LogP contribution in [0.4, 0.5) is 5.69 Å². The van der Waals surface area contributed by atoms with Crippen molar-refractivity contribution >= 4 is 16.6 Å². The summed E-state index contributed by atoms with van der Waals surface area (Å²) in [6.07, 6.45) is 8.88. The van der Waals surface area contributed by atoms with Gasteiger partial charge in [0.25, 0.3) is 5.56 Å². The van der Waals surface area contributed by atoms with Crippen molar-refractivity contribution in [3.8, 4) is 0 Å². The second-order valence-electron chi connectivity index (χ2n) is 9.27. The third-order valence-corrected chi connectivity index (χ3v) is 6.94. The van der Waals surface area contributed by atoms with Crippen LogP contribution in [0.3, 0.4) is 0 Å². The van der Waals surface area contributed by atoms with Crippen molar-refractivity contribution in [1.29, 1.82) is 0 Å². The number of fused-ring (bicyclic) bond motifs is 1. The molecule has 1 aromatic carbocycles. The Balaban J connectivity index is 1.07. The van der Waals surface area contributed by atoms with E-state index >= 15 is 0 Å². The van der Waals surface area contributed by atoms with Crippen LogP contribution in [0.2, 0.25) is 0 Å². The van der Waals surface area contributed by atoms with E-state index in [9.17, 15) is 4.79 Å². The first kappa shape index (κ1) is 23.2. The fourth-order valence-electron chi connectivity index (χ4n) is 5.12. The molecule has 7 nitrogen and oxygen atoms in total. The zero-order chi connectivity index (χ0) is 22.2. The second kappa shape index (κ2) is 11.8. The van der Waals surface area contributed by atoms with E-state index in [1.165, 1.54) is 58.2 Å². The average Bonchev–Trinajstić information content (AvgIpc) is 2.81. The molecule has 3 heterocycles. The maximum absolute atomic E-state index is 12.3. The second-order valence-corrected chi connectivity index (χ2v) is 9.27. The van der Waals surface area contributed by atoms with Crippen LogP contribution >= 0.6 is 0 Å². The Morgan fingerprint density at radius 1 is 1.06 bits per heavy atom. The standard InChI is InChI=1S/C25H39N5O2/c1-20-27-23-9-7-8-22(24(23)25(31)28-20)26-12-5-3-2-4-6-13-29-14-10-21(11-15-29)30-16-18-32-19-17-30/h7-9,21,26H,2-6,10-19H2,1H3,(H,27,28,31). The third-order valence-electron chi connectivity index (χ3n) is 6.94. The molecule has 0 bridgehead atoms. The molecule has 2 aliphatic rings. The van der Waals surface area contributed by atoms with Gasteiger partial charge in [0.05, 0.1) is 24.1 Å².